The minimum atomic E-state index is -0.572. The lowest BCUT2D eigenvalue weighted by molar-refractivity contribution is -0.133. The van der Waals surface area contributed by atoms with E-state index >= 15 is 0 Å². The summed E-state index contributed by atoms with van der Waals surface area (Å²) < 4.78 is 14.7. The second-order valence-electron chi connectivity index (χ2n) is 10.5. The van der Waals surface area contributed by atoms with Gasteiger partial charge in [0.25, 0.3) is 5.91 Å². The first-order chi connectivity index (χ1) is 15.8. The van der Waals surface area contributed by atoms with Crippen molar-refractivity contribution in [2.24, 2.45) is 17.8 Å². The lowest BCUT2D eigenvalue weighted by Crippen LogP contribution is -2.48. The summed E-state index contributed by atoms with van der Waals surface area (Å²) in [6.45, 7) is 5.10. The quantitative estimate of drug-likeness (QED) is 0.619. The van der Waals surface area contributed by atoms with Crippen molar-refractivity contribution in [3.63, 3.8) is 0 Å². The number of Topliss-reactive ketones (excluding diaryl/α,β-unsaturated/α-hetero) is 1. The minimum absolute atomic E-state index is 0. The smallest absolute Gasteiger partial charge is 0.254 e. The van der Waals surface area contributed by atoms with E-state index in [1.165, 1.54) is 6.07 Å². The molecule has 0 radical (unpaired) electrons. The Hall–Kier alpha value is -2.24. The number of hydrogen-bond donors (Lipinski definition) is 1. The minimum Gasteiger partial charge on any atom is -0.342 e. The van der Waals surface area contributed by atoms with Crippen molar-refractivity contribution < 1.29 is 20.2 Å². The van der Waals surface area contributed by atoms with Gasteiger partial charge in [0.15, 0.2) is 5.78 Å². The number of likely N-dealkylation sites (tertiary alicyclic amines) is 1. The second kappa shape index (κ2) is 10.4. The lowest BCUT2D eigenvalue weighted by Gasteiger charge is -2.33. The Balaban J connectivity index is 0.00000324. The predicted octanol–water partition coefficient (Wildman–Crippen LogP) is 5.09. The van der Waals surface area contributed by atoms with E-state index in [9.17, 15) is 18.8 Å². The van der Waals surface area contributed by atoms with Gasteiger partial charge in [-0.2, -0.15) is 0 Å². The highest BCUT2D eigenvalue weighted by atomic mass is 19.1. The fraction of sp³-hybridized carbons (Fsp3) is 0.667. The third kappa shape index (κ3) is 5.64. The molecule has 2 atom stereocenters. The van der Waals surface area contributed by atoms with Gasteiger partial charge < -0.3 is 10.2 Å². The summed E-state index contributed by atoms with van der Waals surface area (Å²) >= 11 is 0. The molecule has 4 rings (SSSR count). The van der Waals surface area contributed by atoms with Crippen molar-refractivity contribution in [2.45, 2.75) is 83.6 Å². The van der Waals surface area contributed by atoms with Gasteiger partial charge in [-0.05, 0) is 62.1 Å². The zero-order valence-corrected chi connectivity index (χ0v) is 19.9. The molecule has 1 heterocycles. The number of halogens is 1. The van der Waals surface area contributed by atoms with Gasteiger partial charge in [0.05, 0.1) is 11.6 Å². The van der Waals surface area contributed by atoms with Gasteiger partial charge in [-0.25, -0.2) is 4.39 Å². The van der Waals surface area contributed by atoms with Crippen LogP contribution in [-0.2, 0) is 9.59 Å². The summed E-state index contributed by atoms with van der Waals surface area (Å²) in [5.41, 5.74) is 0.884. The van der Waals surface area contributed by atoms with Crippen molar-refractivity contribution in [1.29, 1.82) is 0 Å². The van der Waals surface area contributed by atoms with Crippen LogP contribution in [0.3, 0.4) is 0 Å². The van der Waals surface area contributed by atoms with E-state index in [1.54, 1.807) is 12.1 Å². The van der Waals surface area contributed by atoms with Crippen LogP contribution in [-0.4, -0.2) is 41.6 Å². The van der Waals surface area contributed by atoms with Crippen LogP contribution in [0.4, 0.5) is 4.39 Å². The van der Waals surface area contributed by atoms with E-state index < -0.39 is 17.8 Å². The number of hydrogen-bond acceptors (Lipinski definition) is 3. The van der Waals surface area contributed by atoms with Crippen molar-refractivity contribution in [2.75, 3.05) is 13.1 Å². The van der Waals surface area contributed by atoms with Crippen LogP contribution >= 0.6 is 0 Å². The molecule has 2 aliphatic carbocycles. The van der Waals surface area contributed by atoms with E-state index in [0.717, 1.165) is 69.9 Å². The van der Waals surface area contributed by atoms with Crippen LogP contribution in [0.25, 0.3) is 0 Å². The average Bonchev–Trinajstić information content (AvgIpc) is 3.68. The number of benzene rings is 1. The standard InChI is InChI=1S/C27H37FN2O3.H2/c1-17(2)25(31)24(18-7-4-3-5-8-18)29-26(32)22-15-20(12-13-23(22)28)21-9-6-14-30(16-21)27(33)19-10-11-19;/h12-13,15,17-19,21,24H,3-11,14,16H2,1-2H3,(H,29,32);1H/t21?,24-;/m1./s1. The summed E-state index contributed by atoms with van der Waals surface area (Å²) in [5, 5.41) is 2.91. The molecule has 1 aliphatic heterocycles. The molecular formula is C27H39FN2O3. The molecule has 33 heavy (non-hydrogen) atoms. The van der Waals surface area contributed by atoms with Crippen LogP contribution in [0.1, 0.15) is 94.9 Å². The van der Waals surface area contributed by atoms with Gasteiger partial charge in [0.1, 0.15) is 5.82 Å². The Bertz CT molecular complexity index is 896. The largest absolute Gasteiger partial charge is 0.342 e. The summed E-state index contributed by atoms with van der Waals surface area (Å²) in [6.07, 6.45) is 8.90. The maximum Gasteiger partial charge on any atom is 0.254 e. The van der Waals surface area contributed by atoms with E-state index in [-0.39, 0.29) is 42.4 Å². The normalized spacial score (nSPS) is 22.8. The van der Waals surface area contributed by atoms with Crippen molar-refractivity contribution >= 4 is 17.6 Å². The van der Waals surface area contributed by atoms with Crippen LogP contribution in [0.5, 0.6) is 0 Å². The molecule has 1 aromatic rings. The zero-order valence-electron chi connectivity index (χ0n) is 19.9. The first kappa shape index (κ1) is 23.9. The molecule has 3 fully saturated rings. The van der Waals surface area contributed by atoms with Gasteiger partial charge in [0, 0.05) is 32.3 Å². The highest BCUT2D eigenvalue weighted by Gasteiger charge is 2.36. The van der Waals surface area contributed by atoms with Crippen molar-refractivity contribution in [3.8, 4) is 0 Å². The lowest BCUT2D eigenvalue weighted by atomic mass is 9.80. The van der Waals surface area contributed by atoms with Gasteiger partial charge >= 0.3 is 0 Å². The van der Waals surface area contributed by atoms with Gasteiger partial charge in [-0.15, -0.1) is 0 Å². The molecule has 0 bridgehead atoms. The Morgan fingerprint density at radius 2 is 1.76 bits per heavy atom. The molecule has 1 saturated heterocycles. The molecule has 1 aromatic carbocycles. The van der Waals surface area contributed by atoms with E-state index in [0.29, 0.717) is 6.54 Å². The summed E-state index contributed by atoms with van der Waals surface area (Å²) in [4.78, 5) is 40.6. The molecule has 2 amide bonds. The Kier molecular flexibility index (Phi) is 7.50. The maximum atomic E-state index is 14.7. The molecule has 5 nitrogen and oxygen atoms in total. The van der Waals surface area contributed by atoms with E-state index in [4.69, 9.17) is 0 Å². The molecule has 1 unspecified atom stereocenters. The molecule has 0 spiro atoms. The molecule has 2 saturated carbocycles. The van der Waals surface area contributed by atoms with Gasteiger partial charge in [-0.3, -0.25) is 14.4 Å². The summed E-state index contributed by atoms with van der Waals surface area (Å²) in [5.74, 6) is -0.614. The molecule has 1 N–H and O–H groups in total. The number of ketones is 1. The third-order valence-corrected chi connectivity index (χ3v) is 7.65. The van der Waals surface area contributed by atoms with E-state index in [1.807, 2.05) is 18.7 Å². The Morgan fingerprint density at radius 3 is 2.42 bits per heavy atom. The number of nitrogens with one attached hydrogen (secondary N) is 1. The highest BCUT2D eigenvalue weighted by molar-refractivity contribution is 5.98. The highest BCUT2D eigenvalue weighted by Crippen LogP contribution is 2.35. The monoisotopic (exact) mass is 458 g/mol. The fourth-order valence-electron chi connectivity index (χ4n) is 5.48. The SMILES string of the molecule is CC(C)C(=O)[C@H](NC(=O)c1cc(C2CCCN(C(=O)C3CC3)C2)ccc1F)C1CCCCC1.[HH]. The Labute approximate surface area is 198 Å². The molecular weight excluding hydrogens is 419 g/mol. The molecule has 0 aromatic heterocycles. The summed E-state index contributed by atoms with van der Waals surface area (Å²) in [7, 11) is 0. The van der Waals surface area contributed by atoms with Crippen molar-refractivity contribution in [1.82, 2.24) is 10.2 Å². The first-order valence-electron chi connectivity index (χ1n) is 12.8. The maximum absolute atomic E-state index is 14.7. The van der Waals surface area contributed by atoms with Crippen LogP contribution in [0.15, 0.2) is 18.2 Å². The fourth-order valence-corrected chi connectivity index (χ4v) is 5.48. The zero-order chi connectivity index (χ0) is 23.5. The predicted molar refractivity (Wildman–Crippen MR) is 127 cm³/mol. The van der Waals surface area contributed by atoms with Crippen LogP contribution in [0, 0.1) is 23.6 Å². The second-order valence-corrected chi connectivity index (χ2v) is 10.5. The number of carbonyl (C=O) groups is 3. The number of nitrogens with zero attached hydrogens (tertiary/aromatic N) is 1. The first-order valence-corrected chi connectivity index (χ1v) is 12.8. The number of carbonyl (C=O) groups excluding carboxylic acids is 3. The van der Waals surface area contributed by atoms with Gasteiger partial charge in [-0.1, -0.05) is 39.2 Å². The molecule has 6 heteroatoms. The molecule has 3 aliphatic rings. The number of rotatable bonds is 7. The summed E-state index contributed by atoms with van der Waals surface area (Å²) in [6, 6.07) is 4.16. The van der Waals surface area contributed by atoms with Gasteiger partial charge in [0.2, 0.25) is 5.91 Å². The number of piperidine rings is 1. The topological polar surface area (TPSA) is 66.5 Å². The third-order valence-electron chi connectivity index (χ3n) is 7.65. The average molecular weight is 459 g/mol. The molecule has 182 valence electrons. The van der Waals surface area contributed by atoms with E-state index in [2.05, 4.69) is 5.32 Å². The van der Waals surface area contributed by atoms with Crippen LogP contribution < -0.4 is 5.32 Å². The Morgan fingerprint density at radius 1 is 1.03 bits per heavy atom. The van der Waals surface area contributed by atoms with Crippen molar-refractivity contribution in [3.05, 3.63) is 35.1 Å². The van der Waals surface area contributed by atoms with Crippen LogP contribution in [0.2, 0.25) is 0 Å². The number of amides is 2.